The van der Waals surface area contributed by atoms with E-state index in [9.17, 15) is 0 Å². The Morgan fingerprint density at radius 1 is 1.53 bits per heavy atom. The van der Waals surface area contributed by atoms with E-state index in [1.807, 2.05) is 13.8 Å². The molecule has 0 amide bonds. The standard InChI is InChI=1S/C10H19N3OS/c1-7-10(15-8(2)12-7)9(13-11)5-4-6-14-3/h9,13H,4-6,11H2,1-3H3. The molecule has 1 unspecified atom stereocenters. The molecule has 1 aromatic heterocycles. The van der Waals surface area contributed by atoms with E-state index in [4.69, 9.17) is 10.6 Å². The van der Waals surface area contributed by atoms with Crippen LogP contribution in [0.4, 0.5) is 0 Å². The van der Waals surface area contributed by atoms with Crippen LogP contribution in [0.25, 0.3) is 0 Å². The topological polar surface area (TPSA) is 60.2 Å². The van der Waals surface area contributed by atoms with Crippen LogP contribution in [-0.4, -0.2) is 18.7 Å². The van der Waals surface area contributed by atoms with Crippen LogP contribution in [0.15, 0.2) is 0 Å². The summed E-state index contributed by atoms with van der Waals surface area (Å²) in [4.78, 5) is 5.64. The molecule has 1 rings (SSSR count). The normalized spacial score (nSPS) is 13.1. The molecule has 1 aromatic rings. The zero-order valence-corrected chi connectivity index (χ0v) is 10.4. The number of ether oxygens (including phenoxy) is 1. The maximum absolute atomic E-state index is 5.55. The van der Waals surface area contributed by atoms with Gasteiger partial charge in [-0.3, -0.25) is 11.3 Å². The predicted molar refractivity (Wildman–Crippen MR) is 62.8 cm³/mol. The molecule has 0 aliphatic rings. The molecule has 0 radical (unpaired) electrons. The highest BCUT2D eigenvalue weighted by molar-refractivity contribution is 7.11. The summed E-state index contributed by atoms with van der Waals surface area (Å²) in [5.41, 5.74) is 3.93. The molecule has 15 heavy (non-hydrogen) atoms. The third-order valence-electron chi connectivity index (χ3n) is 2.30. The fraction of sp³-hybridized carbons (Fsp3) is 0.700. The molecule has 0 aliphatic heterocycles. The van der Waals surface area contributed by atoms with Crippen LogP contribution in [0.3, 0.4) is 0 Å². The van der Waals surface area contributed by atoms with Crippen molar-refractivity contribution in [3.63, 3.8) is 0 Å². The minimum Gasteiger partial charge on any atom is -0.385 e. The van der Waals surface area contributed by atoms with E-state index in [-0.39, 0.29) is 6.04 Å². The molecular formula is C10H19N3OS. The van der Waals surface area contributed by atoms with Gasteiger partial charge in [0.2, 0.25) is 0 Å². The van der Waals surface area contributed by atoms with Crippen molar-refractivity contribution in [1.82, 2.24) is 10.4 Å². The molecule has 0 fully saturated rings. The highest BCUT2D eigenvalue weighted by atomic mass is 32.1. The summed E-state index contributed by atoms with van der Waals surface area (Å²) in [7, 11) is 1.72. The average molecular weight is 229 g/mol. The van der Waals surface area contributed by atoms with Crippen molar-refractivity contribution >= 4 is 11.3 Å². The van der Waals surface area contributed by atoms with Crippen LogP contribution in [0.1, 0.15) is 34.5 Å². The van der Waals surface area contributed by atoms with Crippen LogP contribution in [0.5, 0.6) is 0 Å². The number of rotatable bonds is 6. The first-order chi connectivity index (χ1) is 7.19. The summed E-state index contributed by atoms with van der Waals surface area (Å²) in [5, 5.41) is 1.09. The van der Waals surface area contributed by atoms with E-state index in [1.54, 1.807) is 18.4 Å². The first-order valence-corrected chi connectivity index (χ1v) is 5.89. The number of aryl methyl sites for hydroxylation is 2. The van der Waals surface area contributed by atoms with E-state index >= 15 is 0 Å². The van der Waals surface area contributed by atoms with Crippen molar-refractivity contribution in [3.8, 4) is 0 Å². The second-order valence-corrected chi connectivity index (χ2v) is 4.77. The number of nitrogens with one attached hydrogen (secondary N) is 1. The van der Waals surface area contributed by atoms with Crippen molar-refractivity contribution in [3.05, 3.63) is 15.6 Å². The van der Waals surface area contributed by atoms with Gasteiger partial charge in [-0.15, -0.1) is 11.3 Å². The van der Waals surface area contributed by atoms with E-state index in [2.05, 4.69) is 10.4 Å². The van der Waals surface area contributed by atoms with Gasteiger partial charge in [0.15, 0.2) is 0 Å². The Morgan fingerprint density at radius 2 is 2.27 bits per heavy atom. The molecule has 1 atom stereocenters. The number of hydrogen-bond donors (Lipinski definition) is 2. The molecule has 5 heteroatoms. The predicted octanol–water partition coefficient (Wildman–Crippen LogP) is 1.69. The highest BCUT2D eigenvalue weighted by Gasteiger charge is 2.15. The lowest BCUT2D eigenvalue weighted by Gasteiger charge is -2.14. The first kappa shape index (κ1) is 12.6. The Hall–Kier alpha value is -0.490. The monoisotopic (exact) mass is 229 g/mol. The van der Waals surface area contributed by atoms with Gasteiger partial charge < -0.3 is 4.74 Å². The summed E-state index contributed by atoms with van der Waals surface area (Å²) in [5.74, 6) is 5.55. The highest BCUT2D eigenvalue weighted by Crippen LogP contribution is 2.27. The minimum absolute atomic E-state index is 0.200. The molecule has 0 aromatic carbocycles. The van der Waals surface area contributed by atoms with Gasteiger partial charge in [0.1, 0.15) is 0 Å². The Morgan fingerprint density at radius 3 is 2.73 bits per heavy atom. The quantitative estimate of drug-likeness (QED) is 0.443. The fourth-order valence-corrected chi connectivity index (χ4v) is 2.61. The van der Waals surface area contributed by atoms with Gasteiger partial charge in [0.05, 0.1) is 16.7 Å². The Kier molecular flexibility index (Phi) is 5.17. The zero-order chi connectivity index (χ0) is 11.3. The number of hydrazine groups is 1. The first-order valence-electron chi connectivity index (χ1n) is 5.08. The van der Waals surface area contributed by atoms with Gasteiger partial charge in [-0.05, 0) is 26.7 Å². The summed E-state index contributed by atoms with van der Waals surface area (Å²) >= 11 is 1.71. The number of nitrogens with two attached hydrogens (primary N) is 1. The number of aromatic nitrogens is 1. The Labute approximate surface area is 94.8 Å². The Bertz CT molecular complexity index is 301. The lowest BCUT2D eigenvalue weighted by molar-refractivity contribution is 0.189. The number of nitrogens with zero attached hydrogens (tertiary/aromatic N) is 1. The molecule has 0 saturated heterocycles. The summed E-state index contributed by atoms with van der Waals surface area (Å²) in [6.07, 6.45) is 1.98. The van der Waals surface area contributed by atoms with Gasteiger partial charge in [-0.25, -0.2) is 4.98 Å². The second kappa shape index (κ2) is 6.17. The number of hydrogen-bond acceptors (Lipinski definition) is 5. The molecule has 0 saturated carbocycles. The van der Waals surface area contributed by atoms with Gasteiger partial charge in [-0.2, -0.15) is 0 Å². The van der Waals surface area contributed by atoms with E-state index in [0.29, 0.717) is 0 Å². The lowest BCUT2D eigenvalue weighted by Crippen LogP contribution is -2.28. The maximum atomic E-state index is 5.55. The molecular weight excluding hydrogens is 210 g/mol. The molecule has 0 aliphatic carbocycles. The van der Waals surface area contributed by atoms with Crippen molar-refractivity contribution in [2.45, 2.75) is 32.7 Å². The number of thiazole rings is 1. The van der Waals surface area contributed by atoms with E-state index in [1.165, 1.54) is 4.88 Å². The van der Waals surface area contributed by atoms with Crippen LogP contribution in [-0.2, 0) is 4.74 Å². The minimum atomic E-state index is 0.200. The maximum Gasteiger partial charge on any atom is 0.0900 e. The molecule has 1 heterocycles. The van der Waals surface area contributed by atoms with Gasteiger partial charge in [0, 0.05) is 18.6 Å². The fourth-order valence-electron chi connectivity index (χ4n) is 1.59. The third kappa shape index (κ3) is 3.53. The third-order valence-corrected chi connectivity index (χ3v) is 3.48. The number of methoxy groups -OCH3 is 1. The van der Waals surface area contributed by atoms with Crippen molar-refractivity contribution in [2.75, 3.05) is 13.7 Å². The lowest BCUT2D eigenvalue weighted by atomic mass is 10.1. The van der Waals surface area contributed by atoms with Crippen molar-refractivity contribution < 1.29 is 4.74 Å². The van der Waals surface area contributed by atoms with Crippen molar-refractivity contribution in [1.29, 1.82) is 0 Å². The molecule has 3 N–H and O–H groups in total. The zero-order valence-electron chi connectivity index (χ0n) is 9.54. The van der Waals surface area contributed by atoms with Crippen LogP contribution >= 0.6 is 11.3 Å². The molecule has 86 valence electrons. The van der Waals surface area contributed by atoms with E-state index < -0.39 is 0 Å². The largest absolute Gasteiger partial charge is 0.385 e. The van der Waals surface area contributed by atoms with Crippen LogP contribution < -0.4 is 11.3 Å². The van der Waals surface area contributed by atoms with Gasteiger partial charge >= 0.3 is 0 Å². The second-order valence-electron chi connectivity index (χ2n) is 3.54. The van der Waals surface area contributed by atoms with Crippen LogP contribution in [0, 0.1) is 13.8 Å². The summed E-state index contributed by atoms with van der Waals surface area (Å²) < 4.78 is 5.03. The molecule has 0 spiro atoms. The summed E-state index contributed by atoms with van der Waals surface area (Å²) in [6.45, 7) is 4.82. The van der Waals surface area contributed by atoms with E-state index in [0.717, 1.165) is 30.2 Å². The molecule has 0 bridgehead atoms. The van der Waals surface area contributed by atoms with Gasteiger partial charge in [-0.1, -0.05) is 0 Å². The average Bonchev–Trinajstić information content (AvgIpc) is 2.53. The Balaban J connectivity index is 2.61. The smallest absolute Gasteiger partial charge is 0.0900 e. The SMILES string of the molecule is COCCCC(NN)c1sc(C)nc1C. The van der Waals surface area contributed by atoms with Gasteiger partial charge in [0.25, 0.3) is 0 Å². The molecule has 4 nitrogen and oxygen atoms in total. The van der Waals surface area contributed by atoms with Crippen molar-refractivity contribution in [2.24, 2.45) is 5.84 Å². The van der Waals surface area contributed by atoms with Crippen LogP contribution in [0.2, 0.25) is 0 Å². The summed E-state index contributed by atoms with van der Waals surface area (Å²) in [6, 6.07) is 0.200.